The third-order valence-electron chi connectivity index (χ3n) is 4.57. The van der Waals surface area contributed by atoms with E-state index < -0.39 is 6.10 Å². The van der Waals surface area contributed by atoms with Crippen LogP contribution in [0.4, 0.5) is 5.82 Å². The Morgan fingerprint density at radius 1 is 1.53 bits per heavy atom. The lowest BCUT2D eigenvalue weighted by atomic mass is 9.71. The molecule has 1 aliphatic carbocycles. The van der Waals surface area contributed by atoms with E-state index in [2.05, 4.69) is 16.8 Å². The maximum Gasteiger partial charge on any atom is 0.129 e. The molecule has 0 aliphatic heterocycles. The fraction of sp³-hybridized carbons (Fsp3) is 0.667. The van der Waals surface area contributed by atoms with Gasteiger partial charge in [0.05, 0.1) is 5.54 Å². The van der Waals surface area contributed by atoms with Crippen LogP contribution in [0.25, 0.3) is 0 Å². The summed E-state index contributed by atoms with van der Waals surface area (Å²) in [5.41, 5.74) is 6.46. The molecule has 0 amide bonds. The summed E-state index contributed by atoms with van der Waals surface area (Å²) >= 11 is 0. The fourth-order valence-electron chi connectivity index (χ4n) is 3.41. The second-order valence-electron chi connectivity index (χ2n) is 6.08. The molecule has 3 atom stereocenters. The third-order valence-corrected chi connectivity index (χ3v) is 4.57. The summed E-state index contributed by atoms with van der Waals surface area (Å²) in [5, 5.41) is 10.9. The number of nitrogens with two attached hydrogens (primary N) is 1. The first-order valence-electron chi connectivity index (χ1n) is 7.03. The van der Waals surface area contributed by atoms with Crippen LogP contribution in [0.3, 0.4) is 0 Å². The second-order valence-corrected chi connectivity index (χ2v) is 6.08. The summed E-state index contributed by atoms with van der Waals surface area (Å²) in [7, 11) is 4.10. The molecular weight excluding hydrogens is 238 g/mol. The maximum absolute atomic E-state index is 10.9. The van der Waals surface area contributed by atoms with Crippen LogP contribution in [0.1, 0.15) is 44.3 Å². The van der Waals surface area contributed by atoms with Gasteiger partial charge in [0.1, 0.15) is 11.9 Å². The minimum absolute atomic E-state index is 0.227. The van der Waals surface area contributed by atoms with Crippen molar-refractivity contribution in [2.24, 2.45) is 5.92 Å². The second kappa shape index (κ2) is 5.47. The van der Waals surface area contributed by atoms with Crippen LogP contribution in [0.5, 0.6) is 0 Å². The smallest absolute Gasteiger partial charge is 0.129 e. The molecular formula is C15H25N3O. The first kappa shape index (κ1) is 14.3. The molecule has 1 aromatic heterocycles. The molecule has 1 heterocycles. The van der Waals surface area contributed by atoms with E-state index in [1.807, 2.05) is 26.2 Å². The van der Waals surface area contributed by atoms with Crippen molar-refractivity contribution in [3.05, 3.63) is 23.9 Å². The van der Waals surface area contributed by atoms with Gasteiger partial charge in [0.2, 0.25) is 0 Å². The van der Waals surface area contributed by atoms with Gasteiger partial charge in [-0.2, -0.15) is 0 Å². The van der Waals surface area contributed by atoms with E-state index >= 15 is 0 Å². The SMILES string of the molecule is CC1CCCC(C(O)c2cccnc2N)(N(C)C)C1. The highest BCUT2D eigenvalue weighted by molar-refractivity contribution is 5.41. The molecule has 1 aromatic rings. The van der Waals surface area contributed by atoms with Crippen molar-refractivity contribution in [3.8, 4) is 0 Å². The van der Waals surface area contributed by atoms with Gasteiger partial charge >= 0.3 is 0 Å². The Kier molecular flexibility index (Phi) is 4.11. The van der Waals surface area contributed by atoms with Crippen LogP contribution in [0.2, 0.25) is 0 Å². The van der Waals surface area contributed by atoms with E-state index in [9.17, 15) is 5.11 Å². The van der Waals surface area contributed by atoms with Crippen LogP contribution in [0.15, 0.2) is 18.3 Å². The van der Waals surface area contributed by atoms with E-state index in [1.54, 1.807) is 6.20 Å². The average Bonchev–Trinajstić information content (AvgIpc) is 2.38. The molecule has 0 aromatic carbocycles. The van der Waals surface area contributed by atoms with E-state index in [0.29, 0.717) is 11.7 Å². The van der Waals surface area contributed by atoms with Gasteiger partial charge in [-0.15, -0.1) is 0 Å². The van der Waals surface area contributed by atoms with Crippen molar-refractivity contribution < 1.29 is 5.11 Å². The Morgan fingerprint density at radius 3 is 2.84 bits per heavy atom. The molecule has 0 bridgehead atoms. The Labute approximate surface area is 115 Å². The quantitative estimate of drug-likeness (QED) is 0.877. The van der Waals surface area contributed by atoms with Gasteiger partial charge in [0.25, 0.3) is 0 Å². The van der Waals surface area contributed by atoms with Gasteiger partial charge in [0, 0.05) is 11.8 Å². The van der Waals surface area contributed by atoms with Crippen LogP contribution in [-0.2, 0) is 0 Å². The van der Waals surface area contributed by atoms with Gasteiger partial charge in [-0.25, -0.2) is 4.98 Å². The monoisotopic (exact) mass is 263 g/mol. The minimum Gasteiger partial charge on any atom is -0.386 e. The molecule has 19 heavy (non-hydrogen) atoms. The van der Waals surface area contributed by atoms with Crippen molar-refractivity contribution in [2.75, 3.05) is 19.8 Å². The van der Waals surface area contributed by atoms with Crippen LogP contribution in [0, 0.1) is 5.92 Å². The highest BCUT2D eigenvalue weighted by Crippen LogP contribution is 2.44. The third kappa shape index (κ3) is 2.60. The van der Waals surface area contributed by atoms with Crippen molar-refractivity contribution in [1.29, 1.82) is 0 Å². The lowest BCUT2D eigenvalue weighted by molar-refractivity contribution is -0.0448. The molecule has 3 unspecified atom stereocenters. The number of aliphatic hydroxyl groups is 1. The number of aromatic nitrogens is 1. The average molecular weight is 263 g/mol. The fourth-order valence-corrected chi connectivity index (χ4v) is 3.41. The summed E-state index contributed by atoms with van der Waals surface area (Å²) in [6.07, 6.45) is 5.47. The first-order valence-corrected chi connectivity index (χ1v) is 7.03. The van der Waals surface area contributed by atoms with Crippen LogP contribution in [-0.4, -0.2) is 34.6 Å². The van der Waals surface area contributed by atoms with Gasteiger partial charge in [-0.05, 0) is 38.9 Å². The van der Waals surface area contributed by atoms with Crippen LogP contribution < -0.4 is 5.73 Å². The Hall–Kier alpha value is -1.13. The van der Waals surface area contributed by atoms with Crippen molar-refractivity contribution >= 4 is 5.82 Å². The number of nitrogens with zero attached hydrogens (tertiary/aromatic N) is 2. The lowest BCUT2D eigenvalue weighted by Gasteiger charge is -2.48. The lowest BCUT2D eigenvalue weighted by Crippen LogP contribution is -2.52. The molecule has 106 valence electrons. The number of hydrogen-bond acceptors (Lipinski definition) is 4. The molecule has 3 N–H and O–H groups in total. The van der Waals surface area contributed by atoms with Crippen molar-refractivity contribution in [3.63, 3.8) is 0 Å². The Bertz CT molecular complexity index is 435. The maximum atomic E-state index is 10.9. The summed E-state index contributed by atoms with van der Waals surface area (Å²) in [4.78, 5) is 6.27. The number of pyridine rings is 1. The number of anilines is 1. The highest BCUT2D eigenvalue weighted by atomic mass is 16.3. The molecule has 4 nitrogen and oxygen atoms in total. The van der Waals surface area contributed by atoms with E-state index in [1.165, 1.54) is 6.42 Å². The number of hydrogen-bond donors (Lipinski definition) is 2. The number of nitrogen functional groups attached to an aromatic ring is 1. The largest absolute Gasteiger partial charge is 0.386 e. The molecule has 1 saturated carbocycles. The van der Waals surface area contributed by atoms with Crippen molar-refractivity contribution in [2.45, 2.75) is 44.2 Å². The highest BCUT2D eigenvalue weighted by Gasteiger charge is 2.44. The zero-order valence-electron chi connectivity index (χ0n) is 12.1. The number of aliphatic hydroxyl groups excluding tert-OH is 1. The molecule has 0 saturated heterocycles. The van der Waals surface area contributed by atoms with Crippen molar-refractivity contribution in [1.82, 2.24) is 9.88 Å². The zero-order valence-corrected chi connectivity index (χ0v) is 12.1. The normalized spacial score (nSPS) is 29.4. The van der Waals surface area contributed by atoms with E-state index in [0.717, 1.165) is 24.8 Å². The molecule has 4 heteroatoms. The first-order chi connectivity index (χ1) is 8.97. The molecule has 1 aliphatic rings. The van der Waals surface area contributed by atoms with Gasteiger partial charge < -0.3 is 15.7 Å². The zero-order chi connectivity index (χ0) is 14.0. The summed E-state index contributed by atoms with van der Waals surface area (Å²) in [5.74, 6) is 1.07. The predicted octanol–water partition coefficient (Wildman–Crippen LogP) is 2.21. The summed E-state index contributed by atoms with van der Waals surface area (Å²) in [6, 6.07) is 3.72. The molecule has 1 fully saturated rings. The minimum atomic E-state index is -0.584. The molecule has 2 rings (SSSR count). The van der Waals surface area contributed by atoms with Gasteiger partial charge in [-0.3, -0.25) is 0 Å². The standard InChI is InChI=1S/C15H25N3O/c1-11-6-4-8-15(10-11,18(2)3)13(19)12-7-5-9-17-14(12)16/h5,7,9,11,13,19H,4,6,8,10H2,1-3H3,(H2,16,17). The van der Waals surface area contributed by atoms with Crippen LogP contribution >= 0.6 is 0 Å². The van der Waals surface area contributed by atoms with Gasteiger partial charge in [0.15, 0.2) is 0 Å². The number of rotatable bonds is 3. The number of likely N-dealkylation sites (N-methyl/N-ethyl adjacent to an activating group) is 1. The topological polar surface area (TPSA) is 62.4 Å². The van der Waals surface area contributed by atoms with E-state index in [-0.39, 0.29) is 5.54 Å². The van der Waals surface area contributed by atoms with E-state index in [4.69, 9.17) is 5.73 Å². The van der Waals surface area contributed by atoms with Gasteiger partial charge in [-0.1, -0.05) is 25.8 Å². The molecule has 0 spiro atoms. The predicted molar refractivity (Wildman–Crippen MR) is 77.7 cm³/mol. The molecule has 0 radical (unpaired) electrons. The Balaban J connectivity index is 2.36. The summed E-state index contributed by atoms with van der Waals surface area (Å²) in [6.45, 7) is 2.26. The Morgan fingerprint density at radius 2 is 2.26 bits per heavy atom. The summed E-state index contributed by atoms with van der Waals surface area (Å²) < 4.78 is 0.